The third-order valence-electron chi connectivity index (χ3n) is 7.00. The van der Waals surface area contributed by atoms with Gasteiger partial charge in [0, 0.05) is 12.8 Å². The Labute approximate surface area is 251 Å². The van der Waals surface area contributed by atoms with Crippen molar-refractivity contribution in [2.75, 3.05) is 13.2 Å². The first kappa shape index (κ1) is 31.3. The molecule has 0 spiro atoms. The minimum Gasteiger partial charge on any atom is -0.494 e. The van der Waals surface area contributed by atoms with E-state index in [2.05, 4.69) is 20.6 Å². The summed E-state index contributed by atoms with van der Waals surface area (Å²) in [4.78, 5) is 59.5. The molecule has 226 valence electrons. The number of nitrogens with one attached hydrogen (secondary N) is 2. The molecule has 43 heavy (non-hydrogen) atoms. The van der Waals surface area contributed by atoms with Gasteiger partial charge in [-0.3, -0.25) is 19.4 Å². The Morgan fingerprint density at radius 1 is 0.930 bits per heavy atom. The van der Waals surface area contributed by atoms with Crippen molar-refractivity contribution in [3.8, 4) is 11.5 Å². The molecule has 2 amide bonds. The van der Waals surface area contributed by atoms with E-state index in [0.717, 1.165) is 29.7 Å². The van der Waals surface area contributed by atoms with E-state index >= 15 is 0 Å². The summed E-state index contributed by atoms with van der Waals surface area (Å²) in [7, 11) is 0. The molecule has 0 aliphatic carbocycles. The maximum absolute atomic E-state index is 13.3. The molecule has 2 atom stereocenters. The summed E-state index contributed by atoms with van der Waals surface area (Å²) < 4.78 is 11.7. The second-order valence-corrected chi connectivity index (χ2v) is 11.0. The molecule has 1 unspecified atom stereocenters. The highest BCUT2D eigenvalue weighted by atomic mass is 16.5. The van der Waals surface area contributed by atoms with Crippen LogP contribution >= 0.6 is 0 Å². The van der Waals surface area contributed by atoms with Gasteiger partial charge in [-0.05, 0) is 67.0 Å². The number of hydrogen-bond donors (Lipinski definition) is 2. The van der Waals surface area contributed by atoms with Crippen molar-refractivity contribution in [3.05, 3.63) is 83.4 Å². The van der Waals surface area contributed by atoms with E-state index in [0.29, 0.717) is 38.1 Å². The predicted octanol–water partition coefficient (Wildman–Crippen LogP) is 3.91. The molecule has 2 N–H and O–H groups in total. The summed E-state index contributed by atoms with van der Waals surface area (Å²) in [6, 6.07) is 13.2. The van der Waals surface area contributed by atoms with E-state index in [-0.39, 0.29) is 35.9 Å². The zero-order valence-corrected chi connectivity index (χ0v) is 24.6. The molecule has 10 heteroatoms. The summed E-state index contributed by atoms with van der Waals surface area (Å²) in [6.45, 7) is 5.00. The molecular formula is C33H38N4O6. The fourth-order valence-electron chi connectivity index (χ4n) is 4.67. The van der Waals surface area contributed by atoms with Crippen LogP contribution in [-0.4, -0.2) is 59.1 Å². The number of aryl methyl sites for hydroxylation is 1. The number of aldehydes is 1. The number of benzene rings is 2. The molecule has 4 aliphatic heterocycles. The van der Waals surface area contributed by atoms with Crippen molar-refractivity contribution in [2.45, 2.75) is 64.5 Å². The first-order valence-corrected chi connectivity index (χ1v) is 14.7. The van der Waals surface area contributed by atoms with Crippen LogP contribution in [0.5, 0.6) is 11.5 Å². The highest BCUT2D eigenvalue weighted by Crippen LogP contribution is 2.17. The van der Waals surface area contributed by atoms with Gasteiger partial charge in [0.2, 0.25) is 5.91 Å². The summed E-state index contributed by atoms with van der Waals surface area (Å²) in [5, 5.41) is 5.48. The van der Waals surface area contributed by atoms with Gasteiger partial charge in [-0.25, -0.2) is 4.98 Å². The number of nitrogens with zero attached hydrogens (tertiary/aromatic N) is 2. The zero-order chi connectivity index (χ0) is 30.6. The highest BCUT2D eigenvalue weighted by molar-refractivity contribution is 5.98. The molecule has 0 saturated heterocycles. The van der Waals surface area contributed by atoms with Crippen LogP contribution in [0.25, 0.3) is 0 Å². The summed E-state index contributed by atoms with van der Waals surface area (Å²) in [6.07, 6.45) is 6.22. The standard InChI is InChI=1S/C33H38N4O6/c1-22(2)17-25(21-38)35-32(40)28-18-24-7-12-27(13-8-24)43-16-4-3-15-42-26-10-5-23(6-11-26)9-14-31(39)29-19-34-20-30(36-29)33(41)37-28/h5-8,10-13,19-22,25,28H,3-4,9,14-18H2,1-2H3,(H,35,40)(H,37,41)/t25?,28-/m0/s1. The fourth-order valence-corrected chi connectivity index (χ4v) is 4.67. The Balaban J connectivity index is 1.57. The second-order valence-electron chi connectivity index (χ2n) is 11.0. The quantitative estimate of drug-likeness (QED) is 0.430. The van der Waals surface area contributed by atoms with Gasteiger partial charge in [0.15, 0.2) is 5.78 Å². The van der Waals surface area contributed by atoms with Crippen LogP contribution in [0.3, 0.4) is 0 Å². The topological polar surface area (TPSA) is 137 Å². The largest absolute Gasteiger partial charge is 0.494 e. The van der Waals surface area contributed by atoms with Gasteiger partial charge < -0.3 is 24.9 Å². The summed E-state index contributed by atoms with van der Waals surface area (Å²) in [5.74, 6) is 0.228. The molecule has 5 heterocycles. The monoisotopic (exact) mass is 586 g/mol. The Kier molecular flexibility index (Phi) is 11.4. The van der Waals surface area contributed by atoms with Crippen LogP contribution in [0, 0.1) is 5.92 Å². The van der Waals surface area contributed by atoms with Crippen LogP contribution in [0.4, 0.5) is 0 Å². The molecule has 6 bridgehead atoms. The second kappa shape index (κ2) is 15.6. The summed E-state index contributed by atoms with van der Waals surface area (Å²) in [5.41, 5.74) is 1.73. The van der Waals surface area contributed by atoms with Crippen molar-refractivity contribution in [2.24, 2.45) is 5.92 Å². The molecule has 0 fully saturated rings. The lowest BCUT2D eigenvalue weighted by Gasteiger charge is -2.22. The maximum atomic E-state index is 13.3. The third kappa shape index (κ3) is 9.73. The molecule has 2 aromatic carbocycles. The van der Waals surface area contributed by atoms with E-state index in [1.54, 1.807) is 0 Å². The van der Waals surface area contributed by atoms with E-state index in [9.17, 15) is 19.2 Å². The molecule has 1 aromatic heterocycles. The van der Waals surface area contributed by atoms with Crippen molar-refractivity contribution in [1.82, 2.24) is 20.6 Å². The van der Waals surface area contributed by atoms with Gasteiger partial charge in [0.05, 0.1) is 31.6 Å². The molecule has 3 aromatic rings. The Morgan fingerprint density at radius 3 is 2.14 bits per heavy atom. The van der Waals surface area contributed by atoms with Crippen molar-refractivity contribution < 1.29 is 28.7 Å². The van der Waals surface area contributed by atoms with Crippen LogP contribution in [0.15, 0.2) is 60.9 Å². The highest BCUT2D eigenvalue weighted by Gasteiger charge is 2.26. The smallest absolute Gasteiger partial charge is 0.272 e. The molecular weight excluding hydrogens is 548 g/mol. The average molecular weight is 587 g/mol. The van der Waals surface area contributed by atoms with Crippen LogP contribution in [0.2, 0.25) is 0 Å². The first-order valence-electron chi connectivity index (χ1n) is 14.7. The van der Waals surface area contributed by atoms with Crippen molar-refractivity contribution >= 4 is 23.9 Å². The Morgan fingerprint density at radius 2 is 1.53 bits per heavy atom. The van der Waals surface area contributed by atoms with Crippen LogP contribution < -0.4 is 20.1 Å². The molecule has 10 nitrogen and oxygen atoms in total. The number of carbonyl (C=O) groups excluding carboxylic acids is 4. The SMILES string of the molecule is CC(C)CC(C=O)NC(=O)[C@@H]1Cc2ccc(cc2)OCCCCOc2ccc(cc2)CCC(=O)c2cncc(n2)C(=O)N1. The minimum absolute atomic E-state index is 0.0663. The van der Waals surface area contributed by atoms with E-state index < -0.39 is 23.9 Å². The fraction of sp³-hybridized carbons (Fsp3) is 0.394. The number of rotatable bonds is 5. The van der Waals surface area contributed by atoms with E-state index in [4.69, 9.17) is 9.47 Å². The number of aromatic nitrogens is 2. The molecule has 0 saturated carbocycles. The van der Waals surface area contributed by atoms with Gasteiger partial charge in [0.25, 0.3) is 5.91 Å². The Hall–Kier alpha value is -4.60. The lowest BCUT2D eigenvalue weighted by atomic mass is 10.0. The predicted molar refractivity (Wildman–Crippen MR) is 160 cm³/mol. The number of carbonyl (C=O) groups is 4. The number of amides is 2. The van der Waals surface area contributed by atoms with E-state index in [1.807, 2.05) is 62.4 Å². The molecule has 7 rings (SSSR count). The normalized spacial score (nSPS) is 17.2. The summed E-state index contributed by atoms with van der Waals surface area (Å²) >= 11 is 0. The average Bonchev–Trinajstić information content (AvgIpc) is 3.01. The lowest BCUT2D eigenvalue weighted by molar-refractivity contribution is -0.125. The Bertz CT molecular complexity index is 1390. The van der Waals surface area contributed by atoms with E-state index in [1.165, 1.54) is 12.4 Å². The van der Waals surface area contributed by atoms with Crippen molar-refractivity contribution in [1.29, 1.82) is 0 Å². The van der Waals surface area contributed by atoms with Gasteiger partial charge in [-0.15, -0.1) is 0 Å². The van der Waals surface area contributed by atoms with Crippen molar-refractivity contribution in [3.63, 3.8) is 0 Å². The minimum atomic E-state index is -1.01. The van der Waals surface area contributed by atoms with Gasteiger partial charge in [0.1, 0.15) is 35.2 Å². The number of Topliss-reactive ketones (excluding diaryl/α,β-unsaturated/α-hetero) is 1. The number of hydrogen-bond acceptors (Lipinski definition) is 8. The molecule has 0 radical (unpaired) electrons. The first-order chi connectivity index (χ1) is 20.8. The maximum Gasteiger partial charge on any atom is 0.272 e. The lowest BCUT2D eigenvalue weighted by Crippen LogP contribution is -2.51. The number of ether oxygens (including phenoxy) is 2. The molecule has 4 aliphatic rings. The zero-order valence-electron chi connectivity index (χ0n) is 24.6. The van der Waals surface area contributed by atoms with Gasteiger partial charge in [-0.2, -0.15) is 0 Å². The van der Waals surface area contributed by atoms with Crippen LogP contribution in [0.1, 0.15) is 71.6 Å². The van der Waals surface area contributed by atoms with Gasteiger partial charge in [-0.1, -0.05) is 38.1 Å². The third-order valence-corrected chi connectivity index (χ3v) is 7.00. The van der Waals surface area contributed by atoms with Crippen LogP contribution in [-0.2, 0) is 22.4 Å². The number of ketones is 1. The van der Waals surface area contributed by atoms with Gasteiger partial charge >= 0.3 is 0 Å².